The molecule has 0 saturated heterocycles. The maximum absolute atomic E-state index is 13.9. The Morgan fingerprint density at radius 3 is 1.96 bits per heavy atom. The third-order valence-electron chi connectivity index (χ3n) is 2.87. The van der Waals surface area contributed by atoms with Crippen LogP contribution in [0.15, 0.2) is 30.3 Å². The number of carbonyl (C=O) groups excluding carboxylic acids is 1. The van der Waals surface area contributed by atoms with Gasteiger partial charge in [-0.2, -0.15) is 26.3 Å². The number of benzene rings is 1. The molecule has 1 amide bonds. The third kappa shape index (κ3) is 4.04. The van der Waals surface area contributed by atoms with Crippen LogP contribution in [0.5, 0.6) is 5.75 Å². The molecular weight excluding hydrogens is 370 g/mol. The van der Waals surface area contributed by atoms with Crippen LogP contribution in [-0.4, -0.2) is 43.6 Å². The first-order valence-corrected chi connectivity index (χ1v) is 6.35. The summed E-state index contributed by atoms with van der Waals surface area (Å²) in [5.41, 5.74) is 0. The van der Waals surface area contributed by atoms with E-state index in [0.29, 0.717) is 7.11 Å². The monoisotopic (exact) mass is 381 g/mol. The average molecular weight is 381 g/mol. The Hall–Kier alpha value is -2.27. The van der Waals surface area contributed by atoms with E-state index in [1.165, 1.54) is 18.2 Å². The van der Waals surface area contributed by atoms with Crippen molar-refractivity contribution < 1.29 is 49.4 Å². The molecule has 0 unspecified atom stereocenters. The quantitative estimate of drug-likeness (QED) is 0.575. The van der Waals surface area contributed by atoms with Crippen LogP contribution in [0.25, 0.3) is 0 Å². The minimum absolute atomic E-state index is 0.528. The van der Waals surface area contributed by atoms with Crippen molar-refractivity contribution in [3.8, 4) is 5.75 Å². The van der Waals surface area contributed by atoms with Crippen LogP contribution in [0.3, 0.4) is 0 Å². The Kier molecular flexibility index (Phi) is 6.08. The summed E-state index contributed by atoms with van der Waals surface area (Å²) in [6.07, 6.45) is -10.3. The Bertz CT molecular complexity index is 582. The van der Waals surface area contributed by atoms with Gasteiger partial charge in [-0.05, 0) is 12.1 Å². The maximum Gasteiger partial charge on any atom is 0.409 e. The van der Waals surface area contributed by atoms with E-state index < -0.39 is 42.3 Å². The highest BCUT2D eigenvalue weighted by Crippen LogP contribution is 2.50. The highest BCUT2D eigenvalue weighted by atomic mass is 19.4. The van der Waals surface area contributed by atoms with E-state index in [9.17, 15) is 39.9 Å². The first kappa shape index (κ1) is 20.8. The van der Waals surface area contributed by atoms with Crippen molar-refractivity contribution in [1.29, 1.82) is 0 Å². The Labute approximate surface area is 135 Å². The van der Waals surface area contributed by atoms with Gasteiger partial charge in [0.2, 0.25) is 6.23 Å². The van der Waals surface area contributed by atoms with Crippen LogP contribution in [0, 0.1) is 0 Å². The average Bonchev–Trinajstić information content (AvgIpc) is 2.54. The molecule has 4 nitrogen and oxygen atoms in total. The molecule has 0 saturated carbocycles. The van der Waals surface area contributed by atoms with Gasteiger partial charge in [-0.25, -0.2) is 13.6 Å². The molecule has 0 aromatic heterocycles. The number of nitrogens with one attached hydrogen (secondary N) is 1. The number of ether oxygens (including phenoxy) is 2. The number of methoxy groups -OCH3 is 1. The van der Waals surface area contributed by atoms with Crippen molar-refractivity contribution >= 4 is 6.09 Å². The zero-order valence-electron chi connectivity index (χ0n) is 12.3. The van der Waals surface area contributed by atoms with Gasteiger partial charge < -0.3 is 9.47 Å². The van der Waals surface area contributed by atoms with E-state index in [2.05, 4.69) is 9.47 Å². The van der Waals surface area contributed by atoms with Gasteiger partial charge in [0.05, 0.1) is 7.11 Å². The summed E-state index contributed by atoms with van der Waals surface area (Å²) < 4.78 is 113. The fraction of sp³-hybridized carbons (Fsp3) is 0.462. The number of hydrogen-bond donors (Lipinski definition) is 1. The molecule has 1 aromatic rings. The largest absolute Gasteiger partial charge is 0.464 e. The Morgan fingerprint density at radius 2 is 1.52 bits per heavy atom. The Balaban J connectivity index is 3.27. The van der Waals surface area contributed by atoms with Crippen molar-refractivity contribution in [3.63, 3.8) is 0 Å². The van der Waals surface area contributed by atoms with Gasteiger partial charge in [-0.15, -0.1) is 0 Å². The Morgan fingerprint density at radius 1 is 1.00 bits per heavy atom. The molecule has 0 aliphatic carbocycles. The molecule has 0 bridgehead atoms. The molecule has 0 radical (unpaired) electrons. The van der Waals surface area contributed by atoms with Crippen molar-refractivity contribution in [3.05, 3.63) is 30.3 Å². The molecule has 1 aromatic carbocycles. The second-order valence-electron chi connectivity index (χ2n) is 4.57. The molecule has 0 aliphatic heterocycles. The van der Waals surface area contributed by atoms with Crippen LogP contribution in [0.4, 0.5) is 39.9 Å². The molecule has 25 heavy (non-hydrogen) atoms. The fourth-order valence-electron chi connectivity index (χ4n) is 1.52. The number of alkyl halides is 8. The van der Waals surface area contributed by atoms with Crippen LogP contribution >= 0.6 is 0 Å². The molecule has 0 aliphatic rings. The molecule has 0 fully saturated rings. The molecule has 0 spiro atoms. The number of rotatable bonds is 7. The lowest BCUT2D eigenvalue weighted by atomic mass is 10.0. The number of para-hydroxylation sites is 1. The maximum atomic E-state index is 13.9. The van der Waals surface area contributed by atoms with Gasteiger partial charge in [-0.3, -0.25) is 5.32 Å². The molecule has 1 N–H and O–H groups in total. The first-order valence-electron chi connectivity index (χ1n) is 6.35. The lowest BCUT2D eigenvalue weighted by Crippen LogP contribution is -2.66. The van der Waals surface area contributed by atoms with E-state index in [1.54, 1.807) is 0 Å². The predicted octanol–water partition coefficient (Wildman–Crippen LogP) is 3.92. The van der Waals surface area contributed by atoms with Crippen LogP contribution in [0.2, 0.25) is 0 Å². The second-order valence-corrected chi connectivity index (χ2v) is 4.57. The van der Waals surface area contributed by atoms with E-state index in [-0.39, 0.29) is 0 Å². The number of hydrogen-bond acceptors (Lipinski definition) is 3. The second kappa shape index (κ2) is 7.31. The first-order chi connectivity index (χ1) is 11.4. The molecule has 1 rings (SSSR count). The summed E-state index contributed by atoms with van der Waals surface area (Å²) in [4.78, 5) is 11.0. The normalized spacial score (nSPS) is 14.2. The standard InChI is InChI=1S/C13H11F8NO3/c1-24-10(23)22-9(25-7-5-3-2-4-6-7)12(18,19)13(20,21)11(16,17)8(14)15/h2-6,8-9H,1H3,(H,22,23)/t9-/m1/s1. The summed E-state index contributed by atoms with van der Waals surface area (Å²) in [6.45, 7) is 0. The van der Waals surface area contributed by atoms with Gasteiger partial charge in [0.1, 0.15) is 5.75 Å². The summed E-state index contributed by atoms with van der Waals surface area (Å²) in [6, 6.07) is 5.77. The zero-order chi connectivity index (χ0) is 19.5. The summed E-state index contributed by atoms with van der Waals surface area (Å²) in [5.74, 6) is -19.4. The highest BCUT2D eigenvalue weighted by Gasteiger charge is 2.78. The minimum Gasteiger partial charge on any atom is -0.464 e. The molecule has 1 atom stereocenters. The third-order valence-corrected chi connectivity index (χ3v) is 2.87. The van der Waals surface area contributed by atoms with Gasteiger partial charge in [0, 0.05) is 0 Å². The fourth-order valence-corrected chi connectivity index (χ4v) is 1.52. The minimum atomic E-state index is -6.56. The van der Waals surface area contributed by atoms with Gasteiger partial charge in [0.25, 0.3) is 0 Å². The van der Waals surface area contributed by atoms with E-state index in [1.807, 2.05) is 0 Å². The number of carbonyl (C=O) groups is 1. The molecule has 12 heteroatoms. The van der Waals surface area contributed by atoms with Crippen molar-refractivity contribution in [2.24, 2.45) is 0 Å². The summed E-state index contributed by atoms with van der Waals surface area (Å²) >= 11 is 0. The zero-order valence-corrected chi connectivity index (χ0v) is 12.3. The van der Waals surface area contributed by atoms with E-state index in [0.717, 1.165) is 17.4 Å². The van der Waals surface area contributed by atoms with Crippen molar-refractivity contribution in [2.75, 3.05) is 7.11 Å². The number of halogens is 8. The van der Waals surface area contributed by atoms with Gasteiger partial charge >= 0.3 is 30.3 Å². The van der Waals surface area contributed by atoms with E-state index >= 15 is 0 Å². The predicted molar refractivity (Wildman–Crippen MR) is 67.2 cm³/mol. The molecule has 0 heterocycles. The SMILES string of the molecule is COC(=O)N[C@H](Oc1ccccc1)C(F)(F)C(F)(F)C(F)(F)C(F)F. The smallest absolute Gasteiger partial charge is 0.409 e. The van der Waals surface area contributed by atoms with Crippen molar-refractivity contribution in [2.45, 2.75) is 30.4 Å². The topological polar surface area (TPSA) is 47.6 Å². The number of alkyl carbamates (subject to hydrolysis) is 1. The van der Waals surface area contributed by atoms with Crippen LogP contribution < -0.4 is 10.1 Å². The highest BCUT2D eigenvalue weighted by molar-refractivity contribution is 5.67. The van der Waals surface area contributed by atoms with Crippen molar-refractivity contribution in [1.82, 2.24) is 5.32 Å². The molecule has 142 valence electrons. The van der Waals surface area contributed by atoms with Crippen LogP contribution in [0.1, 0.15) is 0 Å². The van der Waals surface area contributed by atoms with E-state index in [4.69, 9.17) is 0 Å². The lowest BCUT2D eigenvalue weighted by Gasteiger charge is -2.36. The summed E-state index contributed by atoms with van der Waals surface area (Å²) in [7, 11) is 0.666. The lowest BCUT2D eigenvalue weighted by molar-refractivity contribution is -0.355. The van der Waals surface area contributed by atoms with Gasteiger partial charge in [-0.1, -0.05) is 18.2 Å². The van der Waals surface area contributed by atoms with Gasteiger partial charge in [0.15, 0.2) is 0 Å². The van der Waals surface area contributed by atoms with Crippen LogP contribution in [-0.2, 0) is 4.74 Å². The summed E-state index contributed by atoms with van der Waals surface area (Å²) in [5, 5.41) is 1.08. The number of amides is 1. The molecular formula is C13H11F8NO3.